The van der Waals surface area contributed by atoms with E-state index in [1.165, 1.54) is 0 Å². The van der Waals surface area contributed by atoms with E-state index in [1.807, 2.05) is 19.1 Å². The minimum absolute atomic E-state index is 0.111. The molecule has 0 amide bonds. The summed E-state index contributed by atoms with van der Waals surface area (Å²) in [5.74, 6) is 1.13. The fourth-order valence-corrected chi connectivity index (χ4v) is 4.73. The van der Waals surface area contributed by atoms with Crippen LogP contribution in [-0.2, 0) is 14.8 Å². The molecule has 1 heterocycles. The van der Waals surface area contributed by atoms with Crippen LogP contribution in [0.15, 0.2) is 29.2 Å². The Morgan fingerprint density at radius 3 is 2.45 bits per heavy atom. The van der Waals surface area contributed by atoms with Crippen LogP contribution < -0.4 is 4.72 Å². The number of ether oxygens (including phenoxy) is 1. The summed E-state index contributed by atoms with van der Waals surface area (Å²) in [6.45, 7) is 7.05. The Labute approximate surface area is 133 Å². The van der Waals surface area contributed by atoms with Gasteiger partial charge < -0.3 is 4.74 Å². The van der Waals surface area contributed by atoms with Gasteiger partial charge in [0.1, 0.15) is 5.60 Å². The lowest BCUT2D eigenvalue weighted by atomic mass is 9.74. The van der Waals surface area contributed by atoms with Gasteiger partial charge in [-0.15, -0.1) is 0 Å². The zero-order chi connectivity index (χ0) is 16.0. The van der Waals surface area contributed by atoms with Crippen molar-refractivity contribution in [3.05, 3.63) is 29.8 Å². The van der Waals surface area contributed by atoms with Crippen molar-refractivity contribution in [3.8, 4) is 0 Å². The second-order valence-corrected chi connectivity index (χ2v) is 8.83. The van der Waals surface area contributed by atoms with Crippen molar-refractivity contribution in [2.45, 2.75) is 56.6 Å². The van der Waals surface area contributed by atoms with Crippen molar-refractivity contribution in [2.24, 2.45) is 11.8 Å². The first-order valence-electron chi connectivity index (χ1n) is 8.05. The third kappa shape index (κ3) is 3.07. The Bertz CT molecular complexity index is 632. The number of aryl methyl sites for hydroxylation is 1. The lowest BCUT2D eigenvalue weighted by Gasteiger charge is -2.36. The molecule has 1 saturated carbocycles. The van der Waals surface area contributed by atoms with E-state index < -0.39 is 10.0 Å². The van der Waals surface area contributed by atoms with Crippen LogP contribution in [-0.4, -0.2) is 26.7 Å². The summed E-state index contributed by atoms with van der Waals surface area (Å²) in [4.78, 5) is 0.334. The quantitative estimate of drug-likeness (QED) is 0.867. The lowest BCUT2D eigenvalue weighted by Crippen LogP contribution is -2.50. The molecule has 1 aromatic rings. The van der Waals surface area contributed by atoms with Crippen molar-refractivity contribution < 1.29 is 13.2 Å². The molecule has 1 aliphatic heterocycles. The van der Waals surface area contributed by atoms with Crippen LogP contribution in [0.2, 0.25) is 0 Å². The second kappa shape index (κ2) is 5.62. The summed E-state index contributed by atoms with van der Waals surface area (Å²) in [7, 11) is -3.49. The Morgan fingerprint density at radius 1 is 1.27 bits per heavy atom. The highest BCUT2D eigenvalue weighted by molar-refractivity contribution is 7.89. The maximum atomic E-state index is 12.6. The first-order valence-corrected chi connectivity index (χ1v) is 9.54. The van der Waals surface area contributed by atoms with Gasteiger partial charge in [-0.25, -0.2) is 13.1 Å². The van der Waals surface area contributed by atoms with Crippen LogP contribution in [0.5, 0.6) is 0 Å². The van der Waals surface area contributed by atoms with Crippen LogP contribution in [0.3, 0.4) is 0 Å². The zero-order valence-corrected chi connectivity index (χ0v) is 14.3. The van der Waals surface area contributed by atoms with E-state index in [1.54, 1.807) is 12.1 Å². The average molecular weight is 323 g/mol. The number of epoxide rings is 1. The lowest BCUT2D eigenvalue weighted by molar-refractivity contribution is 0.139. The average Bonchev–Trinajstić information content (AvgIpc) is 3.22. The van der Waals surface area contributed by atoms with Crippen molar-refractivity contribution in [1.82, 2.24) is 4.72 Å². The molecule has 2 fully saturated rings. The molecule has 2 unspecified atom stereocenters. The van der Waals surface area contributed by atoms with E-state index >= 15 is 0 Å². The molecule has 1 aromatic carbocycles. The highest BCUT2D eigenvalue weighted by Gasteiger charge is 2.55. The zero-order valence-electron chi connectivity index (χ0n) is 13.5. The van der Waals surface area contributed by atoms with Gasteiger partial charge in [0.05, 0.1) is 17.5 Å². The third-order valence-electron chi connectivity index (χ3n) is 5.20. The summed E-state index contributed by atoms with van der Waals surface area (Å²) >= 11 is 0. The van der Waals surface area contributed by atoms with Crippen LogP contribution in [0.1, 0.15) is 38.7 Å². The second-order valence-electron chi connectivity index (χ2n) is 7.12. The minimum Gasteiger partial charge on any atom is -0.368 e. The van der Waals surface area contributed by atoms with Crippen LogP contribution in [0, 0.1) is 18.8 Å². The topological polar surface area (TPSA) is 58.7 Å². The predicted octanol–water partition coefficient (Wildman–Crippen LogP) is 2.87. The number of nitrogens with one attached hydrogen (secondary N) is 1. The first-order chi connectivity index (χ1) is 10.3. The molecule has 3 rings (SSSR count). The molecular formula is C17H25NO3S. The molecule has 0 radical (unpaired) electrons. The van der Waals surface area contributed by atoms with E-state index in [-0.39, 0.29) is 11.6 Å². The number of sulfonamides is 1. The van der Waals surface area contributed by atoms with Gasteiger partial charge in [0.25, 0.3) is 0 Å². The monoisotopic (exact) mass is 323 g/mol. The Hall–Kier alpha value is -0.910. The highest BCUT2D eigenvalue weighted by Crippen LogP contribution is 2.46. The van der Waals surface area contributed by atoms with Gasteiger partial charge in [-0.3, -0.25) is 0 Å². The molecule has 1 saturated heterocycles. The summed E-state index contributed by atoms with van der Waals surface area (Å²) in [6, 6.07) is 6.88. The fraction of sp³-hybridized carbons (Fsp3) is 0.647. The van der Waals surface area contributed by atoms with Crippen molar-refractivity contribution >= 4 is 10.0 Å². The molecule has 1 spiro atoms. The standard InChI is InChI=1S/C17H25NO3S/c1-12(2)14-8-9-17(11-21-17)16(10-14)18-22(19,20)15-6-4-13(3)5-7-15/h4-7,12,14,16,18H,8-11H2,1-3H3/t14-,16?,17?/m0/s1. The van der Waals surface area contributed by atoms with E-state index in [9.17, 15) is 8.42 Å². The van der Waals surface area contributed by atoms with Crippen molar-refractivity contribution in [1.29, 1.82) is 0 Å². The van der Waals surface area contributed by atoms with E-state index in [4.69, 9.17) is 4.74 Å². The Kier molecular flexibility index (Phi) is 4.08. The van der Waals surface area contributed by atoms with E-state index in [0.29, 0.717) is 23.3 Å². The van der Waals surface area contributed by atoms with Gasteiger partial charge in [0.2, 0.25) is 10.0 Å². The van der Waals surface area contributed by atoms with E-state index in [2.05, 4.69) is 18.6 Å². The number of hydrogen-bond donors (Lipinski definition) is 1. The van der Waals surface area contributed by atoms with Gasteiger partial charge in [-0.1, -0.05) is 31.5 Å². The first kappa shape index (κ1) is 16.0. The fourth-order valence-electron chi connectivity index (χ4n) is 3.41. The predicted molar refractivity (Wildman–Crippen MR) is 86.2 cm³/mol. The molecule has 1 N–H and O–H groups in total. The van der Waals surface area contributed by atoms with E-state index in [0.717, 1.165) is 24.8 Å². The SMILES string of the molecule is Cc1ccc(S(=O)(=O)NC2C[C@@H](C(C)C)CCC23CO3)cc1. The van der Waals surface area contributed by atoms with Crippen molar-refractivity contribution in [2.75, 3.05) is 6.61 Å². The largest absolute Gasteiger partial charge is 0.368 e. The molecule has 1 aliphatic carbocycles. The van der Waals surface area contributed by atoms with Gasteiger partial charge in [-0.05, 0) is 50.2 Å². The van der Waals surface area contributed by atoms with Gasteiger partial charge >= 0.3 is 0 Å². The smallest absolute Gasteiger partial charge is 0.240 e. The number of rotatable bonds is 4. The van der Waals surface area contributed by atoms with Gasteiger partial charge in [0.15, 0.2) is 0 Å². The normalized spacial score (nSPS) is 31.6. The summed E-state index contributed by atoms with van der Waals surface area (Å²) in [6.07, 6.45) is 2.94. The summed E-state index contributed by atoms with van der Waals surface area (Å²) in [5.41, 5.74) is 0.807. The van der Waals surface area contributed by atoms with Crippen LogP contribution in [0.25, 0.3) is 0 Å². The number of benzene rings is 1. The number of hydrogen-bond acceptors (Lipinski definition) is 3. The minimum atomic E-state index is -3.49. The maximum absolute atomic E-state index is 12.6. The molecule has 122 valence electrons. The molecule has 2 aliphatic rings. The van der Waals surface area contributed by atoms with Crippen molar-refractivity contribution in [3.63, 3.8) is 0 Å². The third-order valence-corrected chi connectivity index (χ3v) is 6.69. The molecule has 0 bridgehead atoms. The van der Waals surface area contributed by atoms with Crippen LogP contribution >= 0.6 is 0 Å². The molecule has 22 heavy (non-hydrogen) atoms. The summed E-state index contributed by atoms with van der Waals surface area (Å²) < 4.78 is 33.8. The molecule has 5 heteroatoms. The van der Waals surface area contributed by atoms with Crippen LogP contribution in [0.4, 0.5) is 0 Å². The molecule has 3 atom stereocenters. The Morgan fingerprint density at radius 2 is 1.91 bits per heavy atom. The molecule has 4 nitrogen and oxygen atoms in total. The molecular weight excluding hydrogens is 298 g/mol. The Balaban J connectivity index is 1.79. The molecule has 0 aromatic heterocycles. The van der Waals surface area contributed by atoms with Gasteiger partial charge in [0, 0.05) is 0 Å². The maximum Gasteiger partial charge on any atom is 0.240 e. The summed E-state index contributed by atoms with van der Waals surface area (Å²) in [5, 5.41) is 0. The highest BCUT2D eigenvalue weighted by atomic mass is 32.2. The van der Waals surface area contributed by atoms with Gasteiger partial charge in [-0.2, -0.15) is 0 Å².